The van der Waals surface area contributed by atoms with Gasteiger partial charge in [0.25, 0.3) is 0 Å². The summed E-state index contributed by atoms with van der Waals surface area (Å²) in [6.07, 6.45) is 1.83. The van der Waals surface area contributed by atoms with E-state index in [2.05, 4.69) is 10.9 Å². The van der Waals surface area contributed by atoms with Crippen LogP contribution in [0.1, 0.15) is 11.8 Å². The van der Waals surface area contributed by atoms with Gasteiger partial charge in [0.15, 0.2) is 12.4 Å². The van der Waals surface area contributed by atoms with Gasteiger partial charge in [-0.3, -0.25) is 4.57 Å². The number of aliphatic hydroxyl groups excluding tert-OH is 1. The summed E-state index contributed by atoms with van der Waals surface area (Å²) in [5.41, 5.74) is 4.23. The maximum atomic E-state index is 13.8. The van der Waals surface area contributed by atoms with Crippen molar-refractivity contribution in [1.82, 2.24) is 9.55 Å². The zero-order valence-electron chi connectivity index (χ0n) is 10.2. The van der Waals surface area contributed by atoms with Crippen LogP contribution in [0.15, 0.2) is 22.9 Å². The SMILES string of the molecule is C#Cc1cn(C2OC(CO)C(F)/C2=C\F)c(=O)nc1N. The number of ether oxygens (including phenoxy) is 1. The van der Waals surface area contributed by atoms with Crippen molar-refractivity contribution in [3.63, 3.8) is 0 Å². The number of alkyl halides is 1. The molecular formula is C12H11F2N3O3. The van der Waals surface area contributed by atoms with Gasteiger partial charge < -0.3 is 15.6 Å². The van der Waals surface area contributed by atoms with Crippen LogP contribution < -0.4 is 11.4 Å². The van der Waals surface area contributed by atoms with E-state index in [9.17, 15) is 13.6 Å². The molecule has 0 spiro atoms. The topological polar surface area (TPSA) is 90.4 Å². The Morgan fingerprint density at radius 3 is 2.95 bits per heavy atom. The average molecular weight is 283 g/mol. The first-order chi connectivity index (χ1) is 9.53. The minimum absolute atomic E-state index is 0.00331. The molecule has 1 aliphatic rings. The second-order valence-corrected chi connectivity index (χ2v) is 4.09. The van der Waals surface area contributed by atoms with Crippen molar-refractivity contribution in [2.45, 2.75) is 18.5 Å². The van der Waals surface area contributed by atoms with E-state index >= 15 is 0 Å². The molecular weight excluding hydrogens is 272 g/mol. The fourth-order valence-corrected chi connectivity index (χ4v) is 1.90. The quantitative estimate of drug-likeness (QED) is 0.739. The van der Waals surface area contributed by atoms with Crippen molar-refractivity contribution in [3.05, 3.63) is 34.1 Å². The van der Waals surface area contributed by atoms with E-state index < -0.39 is 36.4 Å². The molecule has 3 N–H and O–H groups in total. The van der Waals surface area contributed by atoms with Crippen LogP contribution in [-0.2, 0) is 4.74 Å². The van der Waals surface area contributed by atoms with Gasteiger partial charge in [0.2, 0.25) is 0 Å². The van der Waals surface area contributed by atoms with Crippen LogP contribution >= 0.6 is 0 Å². The molecule has 0 amide bonds. The minimum Gasteiger partial charge on any atom is -0.394 e. The lowest BCUT2D eigenvalue weighted by Gasteiger charge is -2.15. The molecule has 0 aliphatic carbocycles. The first-order valence-electron chi connectivity index (χ1n) is 5.59. The summed E-state index contributed by atoms with van der Waals surface area (Å²) in [6.45, 7) is -0.659. The van der Waals surface area contributed by atoms with Gasteiger partial charge >= 0.3 is 5.69 Å². The average Bonchev–Trinajstić information content (AvgIpc) is 2.75. The molecule has 0 saturated carbocycles. The van der Waals surface area contributed by atoms with E-state index in [0.29, 0.717) is 0 Å². The second kappa shape index (κ2) is 5.40. The lowest BCUT2D eigenvalue weighted by Crippen LogP contribution is -2.29. The highest BCUT2D eigenvalue weighted by Crippen LogP contribution is 2.35. The molecule has 1 aromatic rings. The Morgan fingerprint density at radius 2 is 2.40 bits per heavy atom. The lowest BCUT2D eigenvalue weighted by atomic mass is 10.1. The van der Waals surface area contributed by atoms with Crippen molar-refractivity contribution in [2.75, 3.05) is 12.3 Å². The van der Waals surface area contributed by atoms with Gasteiger partial charge in [0.05, 0.1) is 18.5 Å². The summed E-state index contributed by atoms with van der Waals surface area (Å²) >= 11 is 0. The number of aromatic nitrogens is 2. The molecule has 1 aromatic heterocycles. The highest BCUT2D eigenvalue weighted by molar-refractivity contribution is 5.47. The smallest absolute Gasteiger partial charge is 0.351 e. The maximum absolute atomic E-state index is 13.8. The largest absolute Gasteiger partial charge is 0.394 e. The fourth-order valence-electron chi connectivity index (χ4n) is 1.90. The predicted octanol–water partition coefficient (Wildman–Crippen LogP) is -0.112. The van der Waals surface area contributed by atoms with E-state index in [0.717, 1.165) is 10.8 Å². The Kier molecular flexibility index (Phi) is 3.83. The summed E-state index contributed by atoms with van der Waals surface area (Å²) in [4.78, 5) is 15.2. The lowest BCUT2D eigenvalue weighted by molar-refractivity contribution is -0.0322. The number of halogens is 2. The zero-order chi connectivity index (χ0) is 14.9. The first kappa shape index (κ1) is 14.2. The van der Waals surface area contributed by atoms with Gasteiger partial charge in [0, 0.05) is 11.8 Å². The number of aliphatic hydroxyl groups is 1. The van der Waals surface area contributed by atoms with Crippen molar-refractivity contribution >= 4 is 5.82 Å². The van der Waals surface area contributed by atoms with Gasteiger partial charge in [-0.05, 0) is 0 Å². The highest BCUT2D eigenvalue weighted by atomic mass is 19.1. The molecule has 2 rings (SSSR count). The molecule has 0 radical (unpaired) electrons. The third-order valence-electron chi connectivity index (χ3n) is 2.93. The van der Waals surface area contributed by atoms with Crippen LogP contribution in [0.2, 0.25) is 0 Å². The van der Waals surface area contributed by atoms with Gasteiger partial charge in [-0.15, -0.1) is 6.42 Å². The van der Waals surface area contributed by atoms with Gasteiger partial charge in [-0.1, -0.05) is 5.92 Å². The van der Waals surface area contributed by atoms with E-state index in [1.807, 2.05) is 0 Å². The molecule has 2 heterocycles. The van der Waals surface area contributed by atoms with Crippen LogP contribution in [-0.4, -0.2) is 33.5 Å². The molecule has 1 aliphatic heterocycles. The number of hydrogen-bond donors (Lipinski definition) is 2. The third-order valence-corrected chi connectivity index (χ3v) is 2.93. The van der Waals surface area contributed by atoms with Gasteiger partial charge in [-0.2, -0.15) is 4.98 Å². The number of nitrogens with zero attached hydrogens (tertiary/aromatic N) is 2. The van der Waals surface area contributed by atoms with Crippen LogP contribution in [0.25, 0.3) is 0 Å². The van der Waals surface area contributed by atoms with Crippen molar-refractivity contribution in [3.8, 4) is 12.3 Å². The molecule has 3 atom stereocenters. The number of nitrogens with two attached hydrogens (primary N) is 1. The van der Waals surface area contributed by atoms with E-state index in [1.165, 1.54) is 0 Å². The molecule has 1 saturated heterocycles. The summed E-state index contributed by atoms with van der Waals surface area (Å²) in [5, 5.41) is 8.96. The van der Waals surface area contributed by atoms with Crippen LogP contribution in [0.4, 0.5) is 14.6 Å². The molecule has 20 heavy (non-hydrogen) atoms. The summed E-state index contributed by atoms with van der Waals surface area (Å²) in [7, 11) is 0. The van der Waals surface area contributed by atoms with Crippen LogP contribution in [0.3, 0.4) is 0 Å². The fraction of sp³-hybridized carbons (Fsp3) is 0.333. The molecule has 8 heteroatoms. The molecule has 1 fully saturated rings. The Labute approximate surface area is 112 Å². The van der Waals surface area contributed by atoms with Crippen molar-refractivity contribution < 1.29 is 18.6 Å². The Hall–Kier alpha value is -2.24. The number of rotatable bonds is 2. The van der Waals surface area contributed by atoms with Gasteiger partial charge in [-0.25, -0.2) is 13.6 Å². The number of anilines is 1. The number of nitrogen functional groups attached to an aromatic ring is 1. The van der Waals surface area contributed by atoms with Gasteiger partial charge in [0.1, 0.15) is 11.9 Å². The minimum atomic E-state index is -1.87. The number of hydrogen-bond acceptors (Lipinski definition) is 5. The predicted molar refractivity (Wildman–Crippen MR) is 65.9 cm³/mol. The van der Waals surface area contributed by atoms with E-state index in [1.54, 1.807) is 0 Å². The Bertz CT molecular complexity index is 650. The molecule has 106 valence electrons. The van der Waals surface area contributed by atoms with E-state index in [4.69, 9.17) is 22.0 Å². The summed E-state index contributed by atoms with van der Waals surface area (Å²) < 4.78 is 32.6. The maximum Gasteiger partial charge on any atom is 0.351 e. The zero-order valence-corrected chi connectivity index (χ0v) is 10.2. The van der Waals surface area contributed by atoms with E-state index in [-0.39, 0.29) is 17.7 Å². The summed E-state index contributed by atoms with van der Waals surface area (Å²) in [5.74, 6) is 2.04. The Morgan fingerprint density at radius 1 is 1.70 bits per heavy atom. The molecule has 0 aromatic carbocycles. The standard InChI is InChI=1S/C12H11F2N3O3/c1-2-6-4-17(12(19)16-10(6)15)11-7(3-13)9(14)8(5-18)20-11/h1,3-4,8-9,11,18H,5H2,(H2,15,16,19)/b7-3+. The highest BCUT2D eigenvalue weighted by Gasteiger charge is 2.41. The number of terminal acetylenes is 1. The normalized spacial score (nSPS) is 27.7. The third kappa shape index (κ3) is 2.17. The molecule has 6 nitrogen and oxygen atoms in total. The van der Waals surface area contributed by atoms with Crippen LogP contribution in [0.5, 0.6) is 0 Å². The summed E-state index contributed by atoms with van der Waals surface area (Å²) in [6, 6.07) is 0. The second-order valence-electron chi connectivity index (χ2n) is 4.09. The monoisotopic (exact) mass is 283 g/mol. The first-order valence-corrected chi connectivity index (χ1v) is 5.59. The Balaban J connectivity index is 2.52. The molecule has 0 bridgehead atoms. The van der Waals surface area contributed by atoms with Crippen molar-refractivity contribution in [1.29, 1.82) is 0 Å². The molecule has 3 unspecified atom stereocenters. The van der Waals surface area contributed by atoms with Crippen LogP contribution in [0, 0.1) is 12.3 Å². The van der Waals surface area contributed by atoms with Crippen molar-refractivity contribution in [2.24, 2.45) is 0 Å².